The van der Waals surface area contributed by atoms with E-state index in [4.69, 9.17) is 4.74 Å². The Balaban J connectivity index is 2.04. The maximum atomic E-state index is 12.9. The van der Waals surface area contributed by atoms with Gasteiger partial charge >= 0.3 is 6.09 Å². The van der Waals surface area contributed by atoms with E-state index in [1.807, 2.05) is 27.7 Å². The fourth-order valence-electron chi connectivity index (χ4n) is 2.53. The lowest BCUT2D eigenvalue weighted by Gasteiger charge is -2.36. The number of ether oxygens (including phenoxy) is 1. The topological polar surface area (TPSA) is 79.7 Å². The average molecular weight is 337 g/mol. The molecule has 8 heteroatoms. The van der Waals surface area contributed by atoms with E-state index in [0.717, 1.165) is 6.42 Å². The molecule has 1 N–H and O–H groups in total. The van der Waals surface area contributed by atoms with Gasteiger partial charge in [-0.2, -0.15) is 0 Å². The van der Waals surface area contributed by atoms with E-state index in [0.29, 0.717) is 26.2 Å². The van der Waals surface area contributed by atoms with Gasteiger partial charge in [-0.15, -0.1) is 0 Å². The van der Waals surface area contributed by atoms with Crippen LogP contribution in [0.15, 0.2) is 18.7 Å². The molecule has 1 unspecified atom stereocenters. The summed E-state index contributed by atoms with van der Waals surface area (Å²) in [5.74, 6) is -0.0805. The van der Waals surface area contributed by atoms with Crippen LogP contribution in [0.2, 0.25) is 0 Å². The zero-order chi connectivity index (χ0) is 17.7. The molecule has 1 aliphatic heterocycles. The van der Waals surface area contributed by atoms with Crippen LogP contribution in [0.25, 0.3) is 0 Å². The summed E-state index contributed by atoms with van der Waals surface area (Å²) in [4.78, 5) is 30.7. The summed E-state index contributed by atoms with van der Waals surface area (Å²) in [5, 5.41) is 4.84. The van der Waals surface area contributed by atoms with E-state index in [1.54, 1.807) is 33.3 Å². The van der Waals surface area contributed by atoms with Gasteiger partial charge in [-0.3, -0.25) is 4.79 Å². The summed E-state index contributed by atoms with van der Waals surface area (Å²) >= 11 is 0. The molecule has 134 valence electrons. The first-order valence-electron chi connectivity index (χ1n) is 8.32. The van der Waals surface area contributed by atoms with Crippen LogP contribution in [0.5, 0.6) is 0 Å². The van der Waals surface area contributed by atoms with Crippen molar-refractivity contribution in [1.29, 1.82) is 0 Å². The Morgan fingerprint density at radius 1 is 1.42 bits per heavy atom. The molecule has 0 radical (unpaired) electrons. The van der Waals surface area contributed by atoms with Crippen molar-refractivity contribution in [3.63, 3.8) is 0 Å². The van der Waals surface area contributed by atoms with E-state index in [-0.39, 0.29) is 12.0 Å². The minimum atomic E-state index is -0.549. The molecule has 1 atom stereocenters. The van der Waals surface area contributed by atoms with Gasteiger partial charge in [0.15, 0.2) is 0 Å². The Morgan fingerprint density at radius 3 is 2.75 bits per heavy atom. The van der Waals surface area contributed by atoms with Crippen molar-refractivity contribution in [1.82, 2.24) is 19.9 Å². The zero-order valence-electron chi connectivity index (χ0n) is 14.9. The Kier molecular flexibility index (Phi) is 5.82. The number of rotatable bonds is 4. The first-order chi connectivity index (χ1) is 11.3. The van der Waals surface area contributed by atoms with Crippen LogP contribution in [0.3, 0.4) is 0 Å². The fourth-order valence-corrected chi connectivity index (χ4v) is 2.53. The SMILES string of the molecule is CCCN(C(=O)C1CN(C(=O)OC(C)(C)C)CCN1)n1ccnc1. The minimum Gasteiger partial charge on any atom is -0.444 e. The van der Waals surface area contributed by atoms with Crippen LogP contribution in [-0.2, 0) is 9.53 Å². The van der Waals surface area contributed by atoms with Crippen molar-refractivity contribution < 1.29 is 14.3 Å². The summed E-state index contributed by atoms with van der Waals surface area (Å²) in [7, 11) is 0. The number of imidazole rings is 1. The predicted octanol–water partition coefficient (Wildman–Crippen LogP) is 0.967. The number of carbonyl (C=O) groups excluding carboxylic acids is 2. The second-order valence-electron chi connectivity index (χ2n) is 6.84. The molecule has 0 spiro atoms. The minimum absolute atomic E-state index is 0.0805. The monoisotopic (exact) mass is 337 g/mol. The second kappa shape index (κ2) is 7.65. The fraction of sp³-hybridized carbons (Fsp3) is 0.688. The summed E-state index contributed by atoms with van der Waals surface area (Å²) < 4.78 is 7.09. The van der Waals surface area contributed by atoms with Crippen molar-refractivity contribution in [3.05, 3.63) is 18.7 Å². The van der Waals surface area contributed by atoms with E-state index >= 15 is 0 Å². The molecular formula is C16H27N5O3. The molecule has 8 nitrogen and oxygen atoms in total. The van der Waals surface area contributed by atoms with Gasteiger partial charge in [-0.1, -0.05) is 6.92 Å². The second-order valence-corrected chi connectivity index (χ2v) is 6.84. The first-order valence-corrected chi connectivity index (χ1v) is 8.32. The maximum absolute atomic E-state index is 12.9. The van der Waals surface area contributed by atoms with Gasteiger partial charge in [0, 0.05) is 38.6 Å². The lowest BCUT2D eigenvalue weighted by atomic mass is 10.2. The standard InChI is InChI=1S/C16H27N5O3/c1-5-8-21(20-10-6-17-12-20)14(22)13-11-19(9-7-18-13)15(23)24-16(2,3)4/h6,10,12-13,18H,5,7-9,11H2,1-4H3. The number of amides is 2. The lowest BCUT2D eigenvalue weighted by Crippen LogP contribution is -2.61. The number of nitrogens with one attached hydrogen (secondary N) is 1. The number of hydrogen-bond acceptors (Lipinski definition) is 5. The average Bonchev–Trinajstić information content (AvgIpc) is 3.04. The molecule has 1 fully saturated rings. The van der Waals surface area contributed by atoms with Gasteiger partial charge in [0.05, 0.1) is 0 Å². The van der Waals surface area contributed by atoms with Crippen LogP contribution in [0, 0.1) is 0 Å². The van der Waals surface area contributed by atoms with Crippen LogP contribution in [0.1, 0.15) is 34.1 Å². The molecule has 2 rings (SSSR count). The highest BCUT2D eigenvalue weighted by atomic mass is 16.6. The number of nitrogens with zero attached hydrogens (tertiary/aromatic N) is 4. The van der Waals surface area contributed by atoms with E-state index in [1.165, 1.54) is 0 Å². The number of hydrogen-bond donors (Lipinski definition) is 1. The van der Waals surface area contributed by atoms with Crippen LogP contribution in [0.4, 0.5) is 4.79 Å². The van der Waals surface area contributed by atoms with Crippen LogP contribution >= 0.6 is 0 Å². The van der Waals surface area contributed by atoms with Crippen LogP contribution < -0.4 is 10.3 Å². The summed E-state index contributed by atoms with van der Waals surface area (Å²) in [6, 6.07) is -0.458. The quantitative estimate of drug-likeness (QED) is 0.885. The van der Waals surface area contributed by atoms with Gasteiger partial charge in [0.2, 0.25) is 0 Å². The van der Waals surface area contributed by atoms with Gasteiger partial charge in [-0.05, 0) is 27.2 Å². The Labute approximate surface area is 142 Å². The largest absolute Gasteiger partial charge is 0.444 e. The lowest BCUT2D eigenvalue weighted by molar-refractivity contribution is -0.123. The Bertz CT molecular complexity index is 553. The molecule has 2 heterocycles. The molecule has 2 amide bonds. The highest BCUT2D eigenvalue weighted by Crippen LogP contribution is 2.12. The molecule has 0 saturated carbocycles. The smallest absolute Gasteiger partial charge is 0.410 e. The maximum Gasteiger partial charge on any atom is 0.410 e. The molecule has 1 aromatic rings. The normalized spacial score (nSPS) is 18.3. The van der Waals surface area contributed by atoms with Crippen molar-refractivity contribution >= 4 is 12.0 Å². The van der Waals surface area contributed by atoms with Crippen molar-refractivity contribution in [2.45, 2.75) is 45.8 Å². The third-order valence-electron chi connectivity index (χ3n) is 3.58. The van der Waals surface area contributed by atoms with Crippen molar-refractivity contribution in [3.8, 4) is 0 Å². The van der Waals surface area contributed by atoms with Gasteiger partial charge in [-0.25, -0.2) is 19.5 Å². The third-order valence-corrected chi connectivity index (χ3v) is 3.58. The number of aromatic nitrogens is 2. The highest BCUT2D eigenvalue weighted by Gasteiger charge is 2.33. The molecule has 0 aromatic carbocycles. The van der Waals surface area contributed by atoms with Crippen molar-refractivity contribution in [2.75, 3.05) is 31.2 Å². The Morgan fingerprint density at radius 2 is 2.17 bits per heavy atom. The molecule has 0 bridgehead atoms. The summed E-state index contributed by atoms with van der Waals surface area (Å²) in [6.07, 6.45) is 5.42. The molecule has 1 aliphatic rings. The zero-order valence-corrected chi connectivity index (χ0v) is 14.9. The van der Waals surface area contributed by atoms with Crippen LogP contribution in [-0.4, -0.2) is 64.4 Å². The predicted molar refractivity (Wildman–Crippen MR) is 90.2 cm³/mol. The Hall–Kier alpha value is -2.09. The van der Waals surface area contributed by atoms with E-state index in [2.05, 4.69) is 10.3 Å². The van der Waals surface area contributed by atoms with Gasteiger partial charge in [0.25, 0.3) is 5.91 Å². The van der Waals surface area contributed by atoms with Crippen molar-refractivity contribution in [2.24, 2.45) is 0 Å². The number of carbonyl (C=O) groups is 2. The third kappa shape index (κ3) is 4.70. The summed E-state index contributed by atoms with van der Waals surface area (Å²) in [5.41, 5.74) is -0.549. The van der Waals surface area contributed by atoms with Gasteiger partial charge < -0.3 is 15.0 Å². The van der Waals surface area contributed by atoms with Gasteiger partial charge in [0.1, 0.15) is 18.0 Å². The first kappa shape index (κ1) is 18.3. The molecular weight excluding hydrogens is 310 g/mol. The van der Waals surface area contributed by atoms with E-state index in [9.17, 15) is 9.59 Å². The summed E-state index contributed by atoms with van der Waals surface area (Å²) in [6.45, 7) is 9.46. The molecule has 1 aromatic heterocycles. The highest BCUT2D eigenvalue weighted by molar-refractivity contribution is 5.91. The molecule has 1 saturated heterocycles. The molecule has 24 heavy (non-hydrogen) atoms. The molecule has 0 aliphatic carbocycles. The number of piperazine rings is 1. The van der Waals surface area contributed by atoms with E-state index < -0.39 is 11.6 Å².